The Morgan fingerprint density at radius 3 is 2.80 bits per heavy atom. The largest absolute Gasteiger partial charge is 0.508 e. The minimum Gasteiger partial charge on any atom is -0.508 e. The molecule has 0 saturated carbocycles. The van der Waals surface area contributed by atoms with Gasteiger partial charge in [-0.3, -0.25) is 0 Å². The molecule has 1 atom stereocenters. The van der Waals surface area contributed by atoms with Crippen molar-refractivity contribution >= 4 is 21.6 Å². The molecule has 0 spiro atoms. The van der Waals surface area contributed by atoms with Crippen molar-refractivity contribution in [2.75, 3.05) is 0 Å². The van der Waals surface area contributed by atoms with Crippen LogP contribution in [-0.2, 0) is 4.74 Å². The van der Waals surface area contributed by atoms with Crippen LogP contribution in [0.1, 0.15) is 13.8 Å². The van der Waals surface area contributed by atoms with Crippen LogP contribution >= 0.6 is 21.6 Å². The molecule has 1 aliphatic heterocycles. The maximum Gasteiger partial charge on any atom is 0.170 e. The summed E-state index contributed by atoms with van der Waals surface area (Å²) in [7, 11) is 3.04. The third kappa shape index (κ3) is 2.11. The highest BCUT2D eigenvalue weighted by molar-refractivity contribution is 8.78. The first-order valence-corrected chi connectivity index (χ1v) is 5.34. The average molecular weight is 178 g/mol. The van der Waals surface area contributed by atoms with Gasteiger partial charge in [-0.15, -0.1) is 0 Å². The Morgan fingerprint density at radius 1 is 1.70 bits per heavy atom. The van der Waals surface area contributed by atoms with Gasteiger partial charge in [0.25, 0.3) is 0 Å². The summed E-state index contributed by atoms with van der Waals surface area (Å²) in [6.45, 7) is 3.91. The van der Waals surface area contributed by atoms with Crippen LogP contribution in [0.3, 0.4) is 0 Å². The van der Waals surface area contributed by atoms with E-state index in [1.54, 1.807) is 5.41 Å². The topological polar surface area (TPSA) is 29.5 Å². The number of hydrogen-bond donors (Lipinski definition) is 1. The van der Waals surface area contributed by atoms with Crippen molar-refractivity contribution in [3.8, 4) is 0 Å². The standard InChI is InChI=1S/C6H10O2S2/c1-4(2)8-6-5(7)3-9-10-6/h3-4,6-7H,1-2H3. The van der Waals surface area contributed by atoms with E-state index < -0.39 is 0 Å². The molecule has 2 nitrogen and oxygen atoms in total. The van der Waals surface area contributed by atoms with Gasteiger partial charge >= 0.3 is 0 Å². The second-order valence-corrected chi connectivity index (χ2v) is 4.46. The summed E-state index contributed by atoms with van der Waals surface area (Å²) in [5.41, 5.74) is -0.148. The molecule has 1 aliphatic rings. The van der Waals surface area contributed by atoms with E-state index in [1.807, 2.05) is 13.8 Å². The van der Waals surface area contributed by atoms with Crippen LogP contribution in [0.25, 0.3) is 0 Å². The quantitative estimate of drug-likeness (QED) is 0.658. The summed E-state index contributed by atoms with van der Waals surface area (Å²) >= 11 is 0. The van der Waals surface area contributed by atoms with E-state index in [9.17, 15) is 0 Å². The molecule has 0 amide bonds. The van der Waals surface area contributed by atoms with Gasteiger partial charge in [0.2, 0.25) is 0 Å². The van der Waals surface area contributed by atoms with Crippen molar-refractivity contribution in [3.05, 3.63) is 11.2 Å². The van der Waals surface area contributed by atoms with E-state index in [4.69, 9.17) is 9.84 Å². The molecule has 0 aromatic carbocycles. The molecule has 1 rings (SSSR count). The summed E-state index contributed by atoms with van der Waals surface area (Å²) < 4.78 is 5.35. The second-order valence-electron chi connectivity index (χ2n) is 2.25. The summed E-state index contributed by atoms with van der Waals surface area (Å²) in [4.78, 5) is 0. The zero-order valence-corrected chi connectivity index (χ0v) is 7.54. The van der Waals surface area contributed by atoms with Crippen LogP contribution < -0.4 is 0 Å². The molecule has 0 bridgehead atoms. The summed E-state index contributed by atoms with van der Waals surface area (Å²) in [5, 5.41) is 10.8. The fourth-order valence-electron chi connectivity index (χ4n) is 0.572. The molecule has 4 heteroatoms. The van der Waals surface area contributed by atoms with E-state index in [0.29, 0.717) is 5.76 Å². The van der Waals surface area contributed by atoms with Crippen molar-refractivity contribution in [1.29, 1.82) is 0 Å². The average Bonchev–Trinajstić information content (AvgIpc) is 2.15. The summed E-state index contributed by atoms with van der Waals surface area (Å²) in [5.74, 6) is 0.337. The molecule has 0 radical (unpaired) electrons. The zero-order valence-electron chi connectivity index (χ0n) is 5.90. The molecule has 0 aromatic rings. The monoisotopic (exact) mass is 178 g/mol. The van der Waals surface area contributed by atoms with Crippen LogP contribution in [-0.4, -0.2) is 16.6 Å². The Labute approximate surface area is 68.4 Å². The molecule has 0 saturated heterocycles. The van der Waals surface area contributed by atoms with Gasteiger partial charge in [0.15, 0.2) is 5.44 Å². The lowest BCUT2D eigenvalue weighted by atomic mass is 10.5. The lowest BCUT2D eigenvalue weighted by Crippen LogP contribution is -2.13. The van der Waals surface area contributed by atoms with Crippen LogP contribution in [0.2, 0.25) is 0 Å². The molecule has 0 aliphatic carbocycles. The van der Waals surface area contributed by atoms with Gasteiger partial charge in [-0.2, -0.15) is 0 Å². The predicted molar refractivity (Wildman–Crippen MR) is 45.9 cm³/mol. The lowest BCUT2D eigenvalue weighted by molar-refractivity contribution is 0.0576. The Morgan fingerprint density at radius 2 is 2.40 bits per heavy atom. The first-order chi connectivity index (χ1) is 4.70. The van der Waals surface area contributed by atoms with E-state index in [2.05, 4.69) is 0 Å². The molecule has 1 heterocycles. The highest BCUT2D eigenvalue weighted by atomic mass is 33.1. The Kier molecular flexibility index (Phi) is 2.95. The summed E-state index contributed by atoms with van der Waals surface area (Å²) in [6.07, 6.45) is 0.173. The normalized spacial score (nSPS) is 25.5. The van der Waals surface area contributed by atoms with Crippen LogP contribution in [0.4, 0.5) is 0 Å². The molecule has 0 fully saturated rings. The molecular weight excluding hydrogens is 168 g/mol. The van der Waals surface area contributed by atoms with E-state index in [-0.39, 0.29) is 11.5 Å². The maximum absolute atomic E-state index is 9.13. The number of aliphatic hydroxyl groups is 1. The zero-order chi connectivity index (χ0) is 7.56. The SMILES string of the molecule is CC(C)OC1SSC=C1O. The van der Waals surface area contributed by atoms with Gasteiger partial charge in [-0.1, -0.05) is 10.8 Å². The van der Waals surface area contributed by atoms with Gasteiger partial charge in [0, 0.05) is 5.41 Å². The summed E-state index contributed by atoms with van der Waals surface area (Å²) in [6, 6.07) is 0. The minimum atomic E-state index is -0.148. The van der Waals surface area contributed by atoms with Gasteiger partial charge in [-0.25, -0.2) is 0 Å². The van der Waals surface area contributed by atoms with Crippen LogP contribution in [0.5, 0.6) is 0 Å². The first-order valence-electron chi connectivity index (χ1n) is 3.07. The Hall–Kier alpha value is 0.200. The van der Waals surface area contributed by atoms with Crippen LogP contribution in [0, 0.1) is 0 Å². The van der Waals surface area contributed by atoms with Crippen molar-refractivity contribution in [1.82, 2.24) is 0 Å². The van der Waals surface area contributed by atoms with E-state index in [1.165, 1.54) is 21.6 Å². The van der Waals surface area contributed by atoms with Crippen molar-refractivity contribution in [3.63, 3.8) is 0 Å². The van der Waals surface area contributed by atoms with Gasteiger partial charge < -0.3 is 9.84 Å². The second kappa shape index (κ2) is 3.55. The molecular formula is C6H10O2S2. The lowest BCUT2D eigenvalue weighted by Gasteiger charge is -2.13. The molecule has 58 valence electrons. The van der Waals surface area contributed by atoms with Crippen molar-refractivity contribution in [2.24, 2.45) is 0 Å². The van der Waals surface area contributed by atoms with E-state index >= 15 is 0 Å². The fourth-order valence-corrected chi connectivity index (χ4v) is 2.67. The molecule has 10 heavy (non-hydrogen) atoms. The third-order valence-corrected chi connectivity index (χ3v) is 3.07. The molecule has 1 unspecified atom stereocenters. The highest BCUT2D eigenvalue weighted by Gasteiger charge is 2.21. The Balaban J connectivity index is 2.35. The first kappa shape index (κ1) is 8.30. The smallest absolute Gasteiger partial charge is 0.170 e. The molecule has 1 N–H and O–H groups in total. The van der Waals surface area contributed by atoms with Gasteiger partial charge in [0.1, 0.15) is 5.76 Å². The van der Waals surface area contributed by atoms with Gasteiger partial charge in [-0.05, 0) is 24.6 Å². The highest BCUT2D eigenvalue weighted by Crippen LogP contribution is 2.40. The number of hydrogen-bond acceptors (Lipinski definition) is 4. The molecule has 0 aromatic heterocycles. The van der Waals surface area contributed by atoms with Crippen LogP contribution in [0.15, 0.2) is 11.2 Å². The fraction of sp³-hybridized carbons (Fsp3) is 0.667. The number of aliphatic hydroxyl groups excluding tert-OH is 1. The Bertz CT molecular complexity index is 145. The van der Waals surface area contributed by atoms with Crippen molar-refractivity contribution in [2.45, 2.75) is 25.4 Å². The maximum atomic E-state index is 9.13. The third-order valence-electron chi connectivity index (χ3n) is 0.949. The minimum absolute atomic E-state index is 0.148. The number of ether oxygens (including phenoxy) is 1. The van der Waals surface area contributed by atoms with Gasteiger partial charge in [0.05, 0.1) is 6.10 Å². The van der Waals surface area contributed by atoms with E-state index in [0.717, 1.165) is 0 Å². The predicted octanol–water partition coefficient (Wildman–Crippen LogP) is 2.53. The number of rotatable bonds is 2. The van der Waals surface area contributed by atoms with Crippen molar-refractivity contribution < 1.29 is 9.84 Å².